The van der Waals surface area contributed by atoms with Crippen LogP contribution < -0.4 is 10.4 Å². The van der Waals surface area contributed by atoms with E-state index in [0.717, 1.165) is 60.5 Å². The minimum atomic E-state index is 0.0487. The number of hydrogen-bond acceptors (Lipinski definition) is 2. The number of aryl methyl sites for hydroxylation is 2. The van der Waals surface area contributed by atoms with Gasteiger partial charge in [0, 0.05) is 16.7 Å². The van der Waals surface area contributed by atoms with E-state index in [2.05, 4.69) is 18.2 Å². The van der Waals surface area contributed by atoms with Gasteiger partial charge in [-0.3, -0.25) is 9.59 Å². The second kappa shape index (κ2) is 8.85. The van der Waals surface area contributed by atoms with Crippen LogP contribution in [0.15, 0.2) is 48.5 Å². The number of Topliss-reactive ketones (excluding diaryl/α,β-unsaturated/α-hetero) is 2. The third-order valence-corrected chi connectivity index (χ3v) is 5.74. The Balaban J connectivity index is 0.000000645. The van der Waals surface area contributed by atoms with Crippen LogP contribution in [0, 0.1) is 13.8 Å². The molecule has 0 heterocycles. The Morgan fingerprint density at radius 3 is 2.06 bits per heavy atom. The van der Waals surface area contributed by atoms with Gasteiger partial charge in [-0.15, -0.1) is 0 Å². The molecule has 0 atom stereocenters. The lowest BCUT2D eigenvalue weighted by Gasteiger charge is -2.21. The monoisotopic (exact) mass is 410 g/mol. The number of rotatable bonds is 0. The van der Waals surface area contributed by atoms with Crippen molar-refractivity contribution in [1.82, 2.24) is 0 Å². The number of ketones is 2. The molecule has 0 radical (unpaired) electrons. The van der Waals surface area contributed by atoms with Gasteiger partial charge in [0.05, 0.1) is 0 Å². The van der Waals surface area contributed by atoms with Gasteiger partial charge in [-0.2, -0.15) is 0 Å². The minimum absolute atomic E-state index is 0.0487. The Hall–Kier alpha value is -3.26. The minimum Gasteiger partial charge on any atom is -0.289 e. The van der Waals surface area contributed by atoms with E-state index >= 15 is 0 Å². The summed E-state index contributed by atoms with van der Waals surface area (Å²) in [5.74, 6) is 0.130. The van der Waals surface area contributed by atoms with E-state index in [0.29, 0.717) is 0 Å². The molecule has 3 aromatic rings. The summed E-state index contributed by atoms with van der Waals surface area (Å²) >= 11 is 0. The second-order valence-electron chi connectivity index (χ2n) is 7.49. The third-order valence-electron chi connectivity index (χ3n) is 5.74. The smallest absolute Gasteiger partial charge is 0.189 e. The molecule has 2 aliphatic rings. The van der Waals surface area contributed by atoms with Crippen LogP contribution in [0.3, 0.4) is 0 Å². The number of hydrogen-bond donors (Lipinski definition) is 0. The van der Waals surface area contributed by atoms with Crippen molar-refractivity contribution in [3.63, 3.8) is 0 Å². The van der Waals surface area contributed by atoms with Crippen LogP contribution in [-0.4, -0.2) is 11.6 Å². The molecule has 2 heteroatoms. The summed E-state index contributed by atoms with van der Waals surface area (Å²) in [6, 6.07) is 16.1. The highest BCUT2D eigenvalue weighted by molar-refractivity contribution is 6.28. The van der Waals surface area contributed by atoms with Crippen molar-refractivity contribution in [2.24, 2.45) is 0 Å². The van der Waals surface area contributed by atoms with Crippen LogP contribution in [-0.2, 0) is 0 Å². The van der Waals surface area contributed by atoms with Gasteiger partial charge in [-0.05, 0) is 77.2 Å². The molecule has 2 nitrogen and oxygen atoms in total. The topological polar surface area (TPSA) is 34.1 Å². The van der Waals surface area contributed by atoms with Gasteiger partial charge in [0.2, 0.25) is 0 Å². The van der Waals surface area contributed by atoms with Crippen LogP contribution in [0.5, 0.6) is 0 Å². The molecule has 2 aliphatic carbocycles. The fourth-order valence-corrected chi connectivity index (χ4v) is 4.34. The highest BCUT2D eigenvalue weighted by Gasteiger charge is 2.25. The Bertz CT molecular complexity index is 1320. The molecule has 3 aromatic carbocycles. The van der Waals surface area contributed by atoms with Crippen LogP contribution in [0.4, 0.5) is 0 Å². The van der Waals surface area contributed by atoms with Crippen LogP contribution in [0.1, 0.15) is 66.5 Å². The molecule has 158 valence electrons. The van der Waals surface area contributed by atoms with Crippen molar-refractivity contribution in [1.29, 1.82) is 0 Å². The summed E-state index contributed by atoms with van der Waals surface area (Å²) in [6.45, 7) is 13.9. The standard InChI is InChI=1S/C25H18O2.2C2H6/c1-13-7-8-18-21(9-13)22-10-16-11-23(26)24-14(2)5-4-6-17(24)20(16)12-19(22)15(3)25(18)27;2*1-2/h4-12H,1-3H3;2*1-2H3. The number of carbonyl (C=O) groups excluding carboxylic acids is 2. The number of fused-ring (bicyclic) bond motifs is 6. The van der Waals surface area contributed by atoms with Gasteiger partial charge in [-0.25, -0.2) is 0 Å². The van der Waals surface area contributed by atoms with Gasteiger partial charge < -0.3 is 0 Å². The molecule has 0 saturated carbocycles. The first-order valence-corrected chi connectivity index (χ1v) is 11.1. The van der Waals surface area contributed by atoms with Crippen LogP contribution in [0.2, 0.25) is 0 Å². The first-order chi connectivity index (χ1) is 15.0. The average molecular weight is 411 g/mol. The van der Waals surface area contributed by atoms with E-state index in [9.17, 15) is 9.59 Å². The predicted octanol–water partition coefficient (Wildman–Crippen LogP) is 6.03. The quantitative estimate of drug-likeness (QED) is 0.453. The summed E-state index contributed by atoms with van der Waals surface area (Å²) in [6.07, 6.45) is 1.73. The van der Waals surface area contributed by atoms with Gasteiger partial charge in [0.1, 0.15) is 0 Å². The number of benzene rings is 3. The Kier molecular flexibility index (Phi) is 6.40. The summed E-state index contributed by atoms with van der Waals surface area (Å²) in [4.78, 5) is 25.6. The fraction of sp³-hybridized carbons (Fsp3) is 0.241. The van der Waals surface area contributed by atoms with Crippen molar-refractivity contribution < 1.29 is 9.59 Å². The van der Waals surface area contributed by atoms with E-state index in [4.69, 9.17) is 0 Å². The molecule has 0 saturated heterocycles. The zero-order valence-electron chi connectivity index (χ0n) is 19.5. The highest BCUT2D eigenvalue weighted by atomic mass is 16.1. The molecule has 0 aromatic heterocycles. The second-order valence-corrected chi connectivity index (χ2v) is 7.49. The van der Waals surface area contributed by atoms with Crippen LogP contribution >= 0.6 is 0 Å². The molecule has 0 fully saturated rings. The Morgan fingerprint density at radius 2 is 1.35 bits per heavy atom. The first-order valence-electron chi connectivity index (χ1n) is 11.1. The van der Waals surface area contributed by atoms with Crippen molar-refractivity contribution in [2.75, 3.05) is 0 Å². The van der Waals surface area contributed by atoms with Crippen molar-refractivity contribution in [3.05, 3.63) is 81.2 Å². The summed E-state index contributed by atoms with van der Waals surface area (Å²) < 4.78 is 0. The first kappa shape index (κ1) is 22.4. The van der Waals surface area contributed by atoms with E-state index < -0.39 is 0 Å². The van der Waals surface area contributed by atoms with Gasteiger partial charge in [-0.1, -0.05) is 69.7 Å². The lowest BCUT2D eigenvalue weighted by molar-refractivity contribution is 0.104. The number of carbonyl (C=O) groups is 2. The van der Waals surface area contributed by atoms with E-state index in [-0.39, 0.29) is 11.6 Å². The zero-order chi connectivity index (χ0) is 22.9. The molecule has 0 bridgehead atoms. The van der Waals surface area contributed by atoms with E-state index in [1.807, 2.05) is 78.8 Å². The summed E-state index contributed by atoms with van der Waals surface area (Å²) in [5.41, 5.74) is 8.33. The largest absolute Gasteiger partial charge is 0.289 e. The SMILES string of the molecule is CC.CC.CC1=c2cc3c(cc2-c2cc(C)ccc2C1=O)=CC(=O)c1c(C)cccc1-3. The third kappa shape index (κ3) is 3.57. The molecule has 0 spiro atoms. The highest BCUT2D eigenvalue weighted by Crippen LogP contribution is 2.32. The fourth-order valence-electron chi connectivity index (χ4n) is 4.34. The maximum atomic E-state index is 12.9. The molecule has 31 heavy (non-hydrogen) atoms. The Labute approximate surface area is 185 Å². The zero-order valence-corrected chi connectivity index (χ0v) is 19.5. The van der Waals surface area contributed by atoms with Gasteiger partial charge >= 0.3 is 0 Å². The molecular weight excluding hydrogens is 380 g/mol. The van der Waals surface area contributed by atoms with E-state index in [1.54, 1.807) is 6.08 Å². The molecule has 0 amide bonds. The normalized spacial score (nSPS) is 12.7. The molecule has 0 N–H and O–H groups in total. The van der Waals surface area contributed by atoms with Crippen molar-refractivity contribution in [2.45, 2.75) is 48.5 Å². The Morgan fingerprint density at radius 1 is 0.645 bits per heavy atom. The maximum Gasteiger partial charge on any atom is 0.189 e. The van der Waals surface area contributed by atoms with Gasteiger partial charge in [0.15, 0.2) is 11.6 Å². The average Bonchev–Trinajstić information content (AvgIpc) is 2.79. The lowest BCUT2D eigenvalue weighted by atomic mass is 9.81. The predicted molar refractivity (Wildman–Crippen MR) is 131 cm³/mol. The maximum absolute atomic E-state index is 12.9. The van der Waals surface area contributed by atoms with Crippen LogP contribution in [0.25, 0.3) is 33.9 Å². The van der Waals surface area contributed by atoms with Crippen molar-refractivity contribution in [3.8, 4) is 22.3 Å². The van der Waals surface area contributed by atoms with E-state index in [1.165, 1.54) is 0 Å². The lowest BCUT2D eigenvalue weighted by Crippen LogP contribution is -2.27. The molecule has 0 aliphatic heterocycles. The summed E-state index contributed by atoms with van der Waals surface area (Å²) in [7, 11) is 0. The van der Waals surface area contributed by atoms with Crippen molar-refractivity contribution >= 4 is 23.2 Å². The van der Waals surface area contributed by atoms with Gasteiger partial charge in [0.25, 0.3) is 0 Å². The molecule has 0 unspecified atom stereocenters. The molecule has 5 rings (SSSR count). The molecular formula is C29H30O2. The summed E-state index contributed by atoms with van der Waals surface area (Å²) in [5, 5.41) is 1.89.